The van der Waals surface area contributed by atoms with Gasteiger partial charge in [-0.2, -0.15) is 13.2 Å². The van der Waals surface area contributed by atoms with Gasteiger partial charge in [0.25, 0.3) is 11.8 Å². The van der Waals surface area contributed by atoms with Gasteiger partial charge in [-0.05, 0) is 23.8 Å². The van der Waals surface area contributed by atoms with Gasteiger partial charge in [-0.15, -0.1) is 0 Å². The van der Waals surface area contributed by atoms with Crippen LogP contribution in [0.3, 0.4) is 0 Å². The van der Waals surface area contributed by atoms with Crippen LogP contribution >= 0.6 is 0 Å². The van der Waals surface area contributed by atoms with Crippen LogP contribution in [0, 0.1) is 0 Å². The number of rotatable bonds is 4. The van der Waals surface area contributed by atoms with E-state index in [0.29, 0.717) is 0 Å². The van der Waals surface area contributed by atoms with Crippen LogP contribution in [0.4, 0.5) is 13.2 Å². The number of nitrogens with zero attached hydrogens (tertiary/aromatic N) is 2. The van der Waals surface area contributed by atoms with E-state index in [-0.39, 0.29) is 23.4 Å². The predicted molar refractivity (Wildman–Crippen MR) is 80.0 cm³/mol. The van der Waals surface area contributed by atoms with Crippen LogP contribution in [0.1, 0.15) is 32.0 Å². The minimum atomic E-state index is -4.49. The molecule has 0 aliphatic heterocycles. The van der Waals surface area contributed by atoms with Gasteiger partial charge in [-0.3, -0.25) is 14.6 Å². The van der Waals surface area contributed by atoms with Crippen LogP contribution in [0.2, 0.25) is 0 Å². The van der Waals surface area contributed by atoms with Gasteiger partial charge in [0.1, 0.15) is 5.69 Å². The maximum absolute atomic E-state index is 13.0. The lowest BCUT2D eigenvalue weighted by Gasteiger charge is -2.20. The molecule has 0 bridgehead atoms. The van der Waals surface area contributed by atoms with Crippen LogP contribution in [0.5, 0.6) is 0 Å². The molecule has 1 aromatic carbocycles. The van der Waals surface area contributed by atoms with Crippen molar-refractivity contribution < 1.29 is 22.8 Å². The number of hydrogen-bond acceptors (Lipinski definition) is 3. The molecular formula is C16H14F3N3O2. The van der Waals surface area contributed by atoms with Crippen LogP contribution in [0.15, 0.2) is 42.6 Å². The highest BCUT2D eigenvalue weighted by Gasteiger charge is 2.33. The predicted octanol–water partition coefficient (Wildman–Crippen LogP) is 2.47. The first-order chi connectivity index (χ1) is 11.2. The first-order valence-corrected chi connectivity index (χ1v) is 6.86. The van der Waals surface area contributed by atoms with Crippen molar-refractivity contribution in [1.82, 2.24) is 9.88 Å². The average molecular weight is 337 g/mol. The topological polar surface area (TPSA) is 76.3 Å². The first-order valence-electron chi connectivity index (χ1n) is 6.86. The molecule has 0 unspecified atom stereocenters. The number of hydrogen-bond donors (Lipinski definition) is 1. The fourth-order valence-corrected chi connectivity index (χ4v) is 2.15. The second kappa shape index (κ2) is 6.69. The lowest BCUT2D eigenvalue weighted by Crippen LogP contribution is -2.27. The van der Waals surface area contributed by atoms with Crippen molar-refractivity contribution in [3.63, 3.8) is 0 Å². The monoisotopic (exact) mass is 337 g/mol. The van der Waals surface area contributed by atoms with E-state index in [9.17, 15) is 22.8 Å². The largest absolute Gasteiger partial charge is 0.416 e. The molecule has 8 heteroatoms. The standard InChI is InChI=1S/C16H14F3N3O2/c1-22(9-11-4-2-3-5-12(11)16(17,18)19)15(24)10-6-7-13(14(20)23)21-8-10/h2-8H,9H2,1H3,(H2,20,23). The average Bonchev–Trinajstić information content (AvgIpc) is 2.53. The molecule has 1 heterocycles. The Morgan fingerprint density at radius 3 is 2.38 bits per heavy atom. The molecule has 2 N–H and O–H groups in total. The summed E-state index contributed by atoms with van der Waals surface area (Å²) in [6, 6.07) is 7.69. The Labute approximate surface area is 135 Å². The summed E-state index contributed by atoms with van der Waals surface area (Å²) < 4.78 is 39.0. The number of aromatic nitrogens is 1. The van der Waals surface area contributed by atoms with Gasteiger partial charge in [0.2, 0.25) is 0 Å². The Morgan fingerprint density at radius 1 is 1.17 bits per heavy atom. The van der Waals surface area contributed by atoms with Crippen molar-refractivity contribution in [1.29, 1.82) is 0 Å². The number of carbonyl (C=O) groups is 2. The van der Waals surface area contributed by atoms with Gasteiger partial charge in [0.15, 0.2) is 0 Å². The number of benzene rings is 1. The van der Waals surface area contributed by atoms with Gasteiger partial charge in [-0.1, -0.05) is 18.2 Å². The van der Waals surface area contributed by atoms with E-state index in [1.54, 1.807) is 0 Å². The molecule has 0 spiro atoms. The van der Waals surface area contributed by atoms with Gasteiger partial charge in [0.05, 0.1) is 11.1 Å². The van der Waals surface area contributed by atoms with E-state index < -0.39 is 23.6 Å². The molecule has 0 atom stereocenters. The zero-order valence-corrected chi connectivity index (χ0v) is 12.7. The molecule has 1 aromatic heterocycles. The molecule has 24 heavy (non-hydrogen) atoms. The van der Waals surface area contributed by atoms with Crippen molar-refractivity contribution in [3.8, 4) is 0 Å². The molecule has 0 saturated heterocycles. The Kier molecular flexibility index (Phi) is 4.87. The van der Waals surface area contributed by atoms with Crippen LogP contribution in [0.25, 0.3) is 0 Å². The fraction of sp³-hybridized carbons (Fsp3) is 0.188. The van der Waals surface area contributed by atoms with E-state index >= 15 is 0 Å². The summed E-state index contributed by atoms with van der Waals surface area (Å²) in [6.45, 7) is -0.216. The van der Waals surface area contributed by atoms with E-state index in [2.05, 4.69) is 4.98 Å². The molecule has 126 valence electrons. The molecule has 5 nitrogen and oxygen atoms in total. The number of pyridine rings is 1. The summed E-state index contributed by atoms with van der Waals surface area (Å²) >= 11 is 0. The molecule has 0 saturated carbocycles. The maximum atomic E-state index is 13.0. The number of carbonyl (C=O) groups excluding carboxylic acids is 2. The lowest BCUT2D eigenvalue weighted by atomic mass is 10.1. The minimum absolute atomic E-state index is 0.00313. The smallest absolute Gasteiger partial charge is 0.364 e. The van der Waals surface area contributed by atoms with Gasteiger partial charge in [0, 0.05) is 19.8 Å². The minimum Gasteiger partial charge on any atom is -0.364 e. The van der Waals surface area contributed by atoms with Gasteiger partial charge < -0.3 is 10.6 Å². The van der Waals surface area contributed by atoms with Crippen molar-refractivity contribution in [2.45, 2.75) is 12.7 Å². The number of nitrogens with two attached hydrogens (primary N) is 1. The molecular weight excluding hydrogens is 323 g/mol. The summed E-state index contributed by atoms with van der Waals surface area (Å²) in [5.74, 6) is -1.25. The second-order valence-electron chi connectivity index (χ2n) is 5.11. The lowest BCUT2D eigenvalue weighted by molar-refractivity contribution is -0.138. The highest BCUT2D eigenvalue weighted by atomic mass is 19.4. The SMILES string of the molecule is CN(Cc1ccccc1C(F)(F)F)C(=O)c1ccc(C(N)=O)nc1. The molecule has 2 rings (SSSR count). The van der Waals surface area contributed by atoms with Crippen LogP contribution < -0.4 is 5.73 Å². The highest BCUT2D eigenvalue weighted by Crippen LogP contribution is 2.32. The normalized spacial score (nSPS) is 11.2. The Morgan fingerprint density at radius 2 is 1.83 bits per heavy atom. The van der Waals surface area contributed by atoms with Crippen molar-refractivity contribution in [2.24, 2.45) is 5.73 Å². The number of halogens is 3. The second-order valence-corrected chi connectivity index (χ2v) is 5.11. The number of alkyl halides is 3. The summed E-state index contributed by atoms with van der Waals surface area (Å²) in [6.07, 6.45) is -3.33. The van der Waals surface area contributed by atoms with E-state index in [0.717, 1.165) is 17.2 Å². The van der Waals surface area contributed by atoms with E-state index in [1.807, 2.05) is 0 Å². The molecule has 0 aliphatic rings. The zero-order valence-electron chi connectivity index (χ0n) is 12.7. The maximum Gasteiger partial charge on any atom is 0.416 e. The summed E-state index contributed by atoms with van der Waals surface area (Å²) in [5.41, 5.74) is 4.40. The molecule has 2 amide bonds. The third-order valence-corrected chi connectivity index (χ3v) is 3.34. The van der Waals surface area contributed by atoms with Gasteiger partial charge in [-0.25, -0.2) is 0 Å². The fourth-order valence-electron chi connectivity index (χ4n) is 2.15. The Balaban J connectivity index is 2.19. The van der Waals surface area contributed by atoms with E-state index in [4.69, 9.17) is 5.73 Å². The molecule has 0 fully saturated rings. The Hall–Kier alpha value is -2.90. The number of primary amides is 1. The first kappa shape index (κ1) is 17.5. The van der Waals surface area contributed by atoms with Gasteiger partial charge >= 0.3 is 6.18 Å². The zero-order chi connectivity index (χ0) is 17.9. The van der Waals surface area contributed by atoms with E-state index in [1.165, 1.54) is 37.4 Å². The third-order valence-electron chi connectivity index (χ3n) is 3.34. The highest BCUT2D eigenvalue weighted by molar-refractivity contribution is 5.95. The quantitative estimate of drug-likeness (QED) is 0.931. The summed E-state index contributed by atoms with van der Waals surface area (Å²) in [4.78, 5) is 28.1. The Bertz CT molecular complexity index is 758. The van der Waals surface area contributed by atoms with Crippen molar-refractivity contribution in [2.75, 3.05) is 7.05 Å². The third kappa shape index (κ3) is 3.89. The number of amides is 2. The van der Waals surface area contributed by atoms with Crippen LogP contribution in [-0.2, 0) is 12.7 Å². The molecule has 0 aliphatic carbocycles. The van der Waals surface area contributed by atoms with Crippen molar-refractivity contribution in [3.05, 3.63) is 65.0 Å². The molecule has 0 radical (unpaired) electrons. The summed E-state index contributed by atoms with van der Waals surface area (Å²) in [7, 11) is 1.39. The van der Waals surface area contributed by atoms with Crippen LogP contribution in [-0.4, -0.2) is 28.7 Å². The van der Waals surface area contributed by atoms with Crippen molar-refractivity contribution >= 4 is 11.8 Å². The summed E-state index contributed by atoms with van der Waals surface area (Å²) in [5, 5.41) is 0. The molecule has 2 aromatic rings.